The summed E-state index contributed by atoms with van der Waals surface area (Å²) in [7, 11) is 2.06. The van der Waals surface area contributed by atoms with Crippen LogP contribution in [0.2, 0.25) is 0 Å². The third kappa shape index (κ3) is 5.62. The third-order valence-electron chi connectivity index (χ3n) is 6.05. The number of aromatic nitrogens is 2. The number of hydrogen-bond donors (Lipinski definition) is 1. The van der Waals surface area contributed by atoms with Gasteiger partial charge in [0.2, 0.25) is 0 Å². The van der Waals surface area contributed by atoms with E-state index in [1.807, 2.05) is 4.68 Å². The molecule has 1 unspecified atom stereocenters. The van der Waals surface area contributed by atoms with E-state index in [4.69, 9.17) is 10.1 Å². The molecule has 0 aliphatic carbocycles. The first-order valence-electron chi connectivity index (χ1n) is 10.9. The maximum Gasteiger partial charge on any atom is 0.194 e. The summed E-state index contributed by atoms with van der Waals surface area (Å²) in [5.74, 6) is 1.86. The lowest BCUT2D eigenvalue weighted by atomic mass is 10.1. The lowest BCUT2D eigenvalue weighted by molar-refractivity contribution is 0.281. The van der Waals surface area contributed by atoms with E-state index in [0.717, 1.165) is 50.9 Å². The van der Waals surface area contributed by atoms with Crippen LogP contribution < -0.4 is 5.32 Å². The van der Waals surface area contributed by atoms with E-state index in [2.05, 4.69) is 42.9 Å². The zero-order chi connectivity index (χ0) is 19.2. The van der Waals surface area contributed by atoms with Crippen LogP contribution in [0.25, 0.3) is 0 Å². The van der Waals surface area contributed by atoms with Gasteiger partial charge in [-0.25, -0.2) is 4.99 Å². The Hall–Kier alpha value is -0.830. The smallest absolute Gasteiger partial charge is 0.194 e. The molecule has 2 aliphatic rings. The van der Waals surface area contributed by atoms with Gasteiger partial charge in [0.1, 0.15) is 0 Å². The minimum atomic E-state index is 0. The summed E-state index contributed by atoms with van der Waals surface area (Å²) in [5, 5.41) is 8.22. The van der Waals surface area contributed by atoms with Crippen LogP contribution in [-0.2, 0) is 26.4 Å². The molecule has 3 rings (SSSR count). The summed E-state index contributed by atoms with van der Waals surface area (Å²) < 4.78 is 2.04. The molecule has 2 fully saturated rings. The van der Waals surface area contributed by atoms with Crippen molar-refractivity contribution in [3.63, 3.8) is 0 Å². The van der Waals surface area contributed by atoms with Gasteiger partial charge in [-0.2, -0.15) is 5.10 Å². The van der Waals surface area contributed by atoms with Crippen LogP contribution in [-0.4, -0.2) is 64.8 Å². The molecule has 0 aromatic carbocycles. The number of rotatable bonds is 7. The van der Waals surface area contributed by atoms with Crippen molar-refractivity contribution in [3.05, 3.63) is 17.0 Å². The Morgan fingerprint density at radius 1 is 1.14 bits per heavy atom. The maximum atomic E-state index is 5.03. The van der Waals surface area contributed by atoms with Crippen LogP contribution in [0.4, 0.5) is 0 Å². The number of guanidine groups is 1. The van der Waals surface area contributed by atoms with Gasteiger partial charge in [0.15, 0.2) is 5.96 Å². The molecule has 0 spiro atoms. The topological polar surface area (TPSA) is 48.7 Å². The highest BCUT2D eigenvalue weighted by Crippen LogP contribution is 2.21. The standard InChI is InChI=1S/C21H38N6.HI/c1-5-19-18(20(6-2)25(4)24-19)14-23-21(22-7-3)27-13-10-17(16-27)15-26-11-8-9-12-26;/h17H,5-16H2,1-4H3,(H,22,23);1H. The molecule has 0 amide bonds. The highest BCUT2D eigenvalue weighted by Gasteiger charge is 2.27. The number of aliphatic imine (C=N–C) groups is 1. The minimum absolute atomic E-state index is 0. The van der Waals surface area contributed by atoms with E-state index < -0.39 is 0 Å². The lowest BCUT2D eigenvalue weighted by Crippen LogP contribution is -2.40. The SMILES string of the molecule is CCNC(=NCc1c(CC)nn(C)c1CC)N1CCC(CN2CCCC2)C1.I. The number of aryl methyl sites for hydroxylation is 2. The van der Waals surface area contributed by atoms with Gasteiger partial charge >= 0.3 is 0 Å². The molecule has 6 nitrogen and oxygen atoms in total. The van der Waals surface area contributed by atoms with Gasteiger partial charge in [0.05, 0.1) is 12.2 Å². The van der Waals surface area contributed by atoms with Gasteiger partial charge in [-0.15, -0.1) is 24.0 Å². The van der Waals surface area contributed by atoms with Gasteiger partial charge in [0, 0.05) is 44.5 Å². The first-order chi connectivity index (χ1) is 13.2. The summed E-state index contributed by atoms with van der Waals surface area (Å²) in [4.78, 5) is 10.1. The summed E-state index contributed by atoms with van der Waals surface area (Å²) in [6.45, 7) is 14.3. The van der Waals surface area contributed by atoms with E-state index in [1.54, 1.807) is 0 Å². The van der Waals surface area contributed by atoms with E-state index in [1.165, 1.54) is 55.8 Å². The molecule has 0 saturated carbocycles. The second-order valence-corrected chi connectivity index (χ2v) is 7.98. The fraction of sp³-hybridized carbons (Fsp3) is 0.810. The molecular weight excluding hydrogens is 463 g/mol. The average molecular weight is 502 g/mol. The Morgan fingerprint density at radius 3 is 2.54 bits per heavy atom. The van der Waals surface area contributed by atoms with E-state index in [0.29, 0.717) is 0 Å². The quantitative estimate of drug-likeness (QED) is 0.354. The van der Waals surface area contributed by atoms with Crippen LogP contribution in [0.1, 0.15) is 57.0 Å². The van der Waals surface area contributed by atoms with E-state index >= 15 is 0 Å². The maximum absolute atomic E-state index is 5.03. The van der Waals surface area contributed by atoms with Crippen molar-refractivity contribution in [2.24, 2.45) is 18.0 Å². The minimum Gasteiger partial charge on any atom is -0.357 e. The van der Waals surface area contributed by atoms with Crippen molar-refractivity contribution in [1.82, 2.24) is 24.9 Å². The molecule has 2 aliphatic heterocycles. The highest BCUT2D eigenvalue weighted by atomic mass is 127. The van der Waals surface area contributed by atoms with Gasteiger partial charge in [-0.1, -0.05) is 13.8 Å². The first-order valence-corrected chi connectivity index (χ1v) is 10.9. The molecule has 3 heterocycles. The fourth-order valence-electron chi connectivity index (χ4n) is 4.66. The summed E-state index contributed by atoms with van der Waals surface area (Å²) in [6, 6.07) is 0. The van der Waals surface area contributed by atoms with Gasteiger partial charge in [0.25, 0.3) is 0 Å². The van der Waals surface area contributed by atoms with Crippen LogP contribution in [0.15, 0.2) is 4.99 Å². The lowest BCUT2D eigenvalue weighted by Gasteiger charge is -2.23. The monoisotopic (exact) mass is 502 g/mol. The molecule has 1 N–H and O–H groups in total. The highest BCUT2D eigenvalue weighted by molar-refractivity contribution is 14.0. The van der Waals surface area contributed by atoms with Crippen molar-refractivity contribution in [2.75, 3.05) is 39.3 Å². The largest absolute Gasteiger partial charge is 0.357 e. The zero-order valence-electron chi connectivity index (χ0n) is 18.2. The normalized spacial score (nSPS) is 20.6. The average Bonchev–Trinajstić information content (AvgIpc) is 3.39. The van der Waals surface area contributed by atoms with E-state index in [-0.39, 0.29) is 24.0 Å². The predicted octanol–water partition coefficient (Wildman–Crippen LogP) is 3.05. The van der Waals surface area contributed by atoms with Gasteiger partial charge < -0.3 is 15.1 Å². The summed E-state index contributed by atoms with van der Waals surface area (Å²) in [5.41, 5.74) is 3.84. The van der Waals surface area contributed by atoms with Crippen LogP contribution in [0.5, 0.6) is 0 Å². The Bertz CT molecular complexity index is 635. The Morgan fingerprint density at radius 2 is 1.89 bits per heavy atom. The Balaban J connectivity index is 0.00000280. The van der Waals surface area contributed by atoms with Gasteiger partial charge in [-0.3, -0.25) is 4.68 Å². The first kappa shape index (κ1) is 23.4. The molecule has 0 radical (unpaired) electrons. The van der Waals surface area contributed by atoms with Crippen molar-refractivity contribution >= 4 is 29.9 Å². The van der Waals surface area contributed by atoms with Gasteiger partial charge in [-0.05, 0) is 58.0 Å². The Labute approximate surface area is 188 Å². The molecule has 160 valence electrons. The van der Waals surface area contributed by atoms with Crippen LogP contribution in [0, 0.1) is 5.92 Å². The predicted molar refractivity (Wildman–Crippen MR) is 128 cm³/mol. The summed E-state index contributed by atoms with van der Waals surface area (Å²) >= 11 is 0. The fourth-order valence-corrected chi connectivity index (χ4v) is 4.66. The molecule has 2 saturated heterocycles. The van der Waals surface area contributed by atoms with Crippen LogP contribution >= 0.6 is 24.0 Å². The number of halogens is 1. The molecule has 1 aromatic heterocycles. The zero-order valence-corrected chi connectivity index (χ0v) is 20.5. The van der Waals surface area contributed by atoms with Crippen molar-refractivity contribution in [1.29, 1.82) is 0 Å². The second-order valence-electron chi connectivity index (χ2n) is 7.98. The number of hydrogen-bond acceptors (Lipinski definition) is 3. The van der Waals surface area contributed by atoms with E-state index in [9.17, 15) is 0 Å². The molecular formula is C21H39IN6. The molecule has 1 atom stereocenters. The Kier molecular flexibility index (Phi) is 9.53. The number of likely N-dealkylation sites (tertiary alicyclic amines) is 2. The molecule has 28 heavy (non-hydrogen) atoms. The third-order valence-corrected chi connectivity index (χ3v) is 6.05. The van der Waals surface area contributed by atoms with Crippen molar-refractivity contribution < 1.29 is 0 Å². The molecule has 0 bridgehead atoms. The van der Waals surface area contributed by atoms with Crippen LogP contribution in [0.3, 0.4) is 0 Å². The van der Waals surface area contributed by atoms with Crippen molar-refractivity contribution in [3.8, 4) is 0 Å². The second kappa shape index (κ2) is 11.4. The molecule has 7 heteroatoms. The number of nitrogens with zero attached hydrogens (tertiary/aromatic N) is 5. The summed E-state index contributed by atoms with van der Waals surface area (Å²) in [6.07, 6.45) is 6.02. The van der Waals surface area contributed by atoms with Crippen molar-refractivity contribution in [2.45, 2.75) is 59.4 Å². The molecule has 1 aromatic rings. The number of nitrogens with one attached hydrogen (secondary N) is 1.